The summed E-state index contributed by atoms with van der Waals surface area (Å²) in [5.74, 6) is -3.36. The SMILES string of the molecule is CC12C[C@H](O)[C@@]3(F)C(CCC4=CC(=O)C=CC43C)C1C[C@@H]1OC3(CCCC3)O[C@]12C(=O)C(=O)CSc1nc2ccccc2s1. The van der Waals surface area contributed by atoms with Gasteiger partial charge in [-0.3, -0.25) is 14.4 Å². The van der Waals surface area contributed by atoms with Gasteiger partial charge in [-0.15, -0.1) is 11.3 Å². The lowest BCUT2D eigenvalue weighted by atomic mass is 9.44. The minimum Gasteiger partial charge on any atom is -0.390 e. The van der Waals surface area contributed by atoms with E-state index >= 15 is 4.39 Å². The molecule has 2 heterocycles. The van der Waals surface area contributed by atoms with E-state index < -0.39 is 57.6 Å². The smallest absolute Gasteiger partial charge is 0.234 e. The van der Waals surface area contributed by atoms with Crippen molar-refractivity contribution in [3.8, 4) is 0 Å². The summed E-state index contributed by atoms with van der Waals surface area (Å²) in [7, 11) is 0. The Morgan fingerprint density at radius 1 is 1.18 bits per heavy atom. The molecule has 232 valence electrons. The number of thiazole rings is 1. The molecule has 8 atom stereocenters. The molecule has 1 aromatic carbocycles. The van der Waals surface area contributed by atoms with Crippen LogP contribution in [0.3, 0.4) is 0 Å². The van der Waals surface area contributed by atoms with Crippen LogP contribution in [-0.4, -0.2) is 62.5 Å². The molecule has 5 aliphatic carbocycles. The van der Waals surface area contributed by atoms with Crippen LogP contribution in [0.2, 0.25) is 0 Å². The van der Waals surface area contributed by atoms with Crippen molar-refractivity contribution in [1.82, 2.24) is 4.98 Å². The number of rotatable bonds is 5. The number of allylic oxidation sites excluding steroid dienone is 4. The van der Waals surface area contributed by atoms with E-state index in [2.05, 4.69) is 4.98 Å². The van der Waals surface area contributed by atoms with Gasteiger partial charge in [-0.2, -0.15) is 0 Å². The van der Waals surface area contributed by atoms with Crippen molar-refractivity contribution in [3.05, 3.63) is 48.1 Å². The topological polar surface area (TPSA) is 103 Å². The summed E-state index contributed by atoms with van der Waals surface area (Å²) < 4.78 is 33.0. The number of nitrogens with zero attached hydrogens (tertiary/aromatic N) is 1. The van der Waals surface area contributed by atoms with Crippen molar-refractivity contribution < 1.29 is 33.4 Å². The lowest BCUT2D eigenvalue weighted by molar-refractivity contribution is -0.251. The molecule has 8 rings (SSSR count). The average molecular weight is 638 g/mol. The molecular formula is C34H36FNO6S2. The molecule has 10 heteroatoms. The van der Waals surface area contributed by atoms with Gasteiger partial charge in [0, 0.05) is 29.6 Å². The van der Waals surface area contributed by atoms with Crippen LogP contribution in [0, 0.1) is 22.7 Å². The maximum Gasteiger partial charge on any atom is 0.234 e. The van der Waals surface area contributed by atoms with Gasteiger partial charge in [-0.25, -0.2) is 9.37 Å². The summed E-state index contributed by atoms with van der Waals surface area (Å²) >= 11 is 2.73. The molecule has 2 aromatic rings. The molecular weight excluding hydrogens is 602 g/mol. The van der Waals surface area contributed by atoms with E-state index in [1.807, 2.05) is 31.2 Å². The highest BCUT2D eigenvalue weighted by molar-refractivity contribution is 8.01. The maximum absolute atomic E-state index is 17.7. The predicted molar refractivity (Wildman–Crippen MR) is 164 cm³/mol. The quantitative estimate of drug-likeness (QED) is 0.318. The van der Waals surface area contributed by atoms with Gasteiger partial charge in [0.2, 0.25) is 11.6 Å². The van der Waals surface area contributed by atoms with Crippen molar-refractivity contribution in [1.29, 1.82) is 0 Å². The van der Waals surface area contributed by atoms with Gasteiger partial charge in [-0.1, -0.05) is 42.5 Å². The number of carbonyl (C=O) groups is 3. The van der Waals surface area contributed by atoms with E-state index in [1.165, 1.54) is 35.3 Å². The Bertz CT molecular complexity index is 1630. The number of carbonyl (C=O) groups excluding carboxylic acids is 3. The van der Waals surface area contributed by atoms with E-state index in [4.69, 9.17) is 9.47 Å². The van der Waals surface area contributed by atoms with Crippen LogP contribution in [0.15, 0.2) is 52.4 Å². The zero-order valence-corrected chi connectivity index (χ0v) is 26.5. The van der Waals surface area contributed by atoms with Crippen molar-refractivity contribution in [2.24, 2.45) is 22.7 Å². The van der Waals surface area contributed by atoms with Gasteiger partial charge in [0.1, 0.15) is 0 Å². The summed E-state index contributed by atoms with van der Waals surface area (Å²) in [6.07, 6.45) is 6.77. The Labute approximate surface area is 263 Å². The molecule has 5 fully saturated rings. The normalized spacial score (nSPS) is 41.7. The number of ketones is 3. The van der Waals surface area contributed by atoms with Gasteiger partial charge in [0.25, 0.3) is 0 Å². The Morgan fingerprint density at radius 2 is 1.95 bits per heavy atom. The predicted octanol–water partition coefficient (Wildman–Crippen LogP) is 5.93. The average Bonchev–Trinajstić information content (AvgIpc) is 3.76. The minimum atomic E-state index is -2.04. The number of fused-ring (bicyclic) bond motifs is 8. The van der Waals surface area contributed by atoms with Crippen molar-refractivity contribution >= 4 is 50.7 Å². The van der Waals surface area contributed by atoms with Crippen LogP contribution >= 0.6 is 23.1 Å². The molecule has 1 N–H and O–H groups in total. The third-order valence-electron chi connectivity index (χ3n) is 12.1. The number of aliphatic hydroxyl groups excluding tert-OH is 1. The standard InChI is InChI=1S/C34H36FNO6S2/c1-30-14-11-20(37)15-19(30)9-10-21-22-16-27-34(42-32(41-27)12-5-6-13-32,31(22,2)17-26(39)33(21,30)35)28(40)24(38)18-43-29-36-23-7-3-4-8-25(23)44-29/h3-4,7-8,11,14-15,21-22,26-27,39H,5-6,9-10,12-13,16-18H2,1-2H3/t21?,22?,26-,27-,30?,31?,33-,34-/m0/s1. The highest BCUT2D eigenvalue weighted by Gasteiger charge is 2.81. The first-order chi connectivity index (χ1) is 21.0. The summed E-state index contributed by atoms with van der Waals surface area (Å²) in [5.41, 5.74) is -4.26. The number of Topliss-reactive ketones (excluding diaryl/α,β-unsaturated/α-hetero) is 2. The van der Waals surface area contributed by atoms with Gasteiger partial charge in [-0.05, 0) is 75.7 Å². The number of ether oxygens (including phenoxy) is 2. The number of alkyl halides is 1. The number of para-hydroxylation sites is 1. The fraction of sp³-hybridized carbons (Fsp3) is 0.588. The van der Waals surface area contributed by atoms with Crippen LogP contribution in [-0.2, 0) is 23.9 Å². The molecule has 0 amide bonds. The van der Waals surface area contributed by atoms with Gasteiger partial charge in [0.15, 0.2) is 27.2 Å². The number of benzene rings is 1. The lowest BCUT2D eigenvalue weighted by Crippen LogP contribution is -2.70. The van der Waals surface area contributed by atoms with Crippen molar-refractivity contribution in [2.45, 2.75) is 98.8 Å². The molecule has 1 aromatic heterocycles. The highest BCUT2D eigenvalue weighted by Crippen LogP contribution is 2.73. The van der Waals surface area contributed by atoms with Crippen LogP contribution in [0.1, 0.15) is 65.2 Å². The van der Waals surface area contributed by atoms with E-state index in [1.54, 1.807) is 13.0 Å². The monoisotopic (exact) mass is 637 g/mol. The maximum atomic E-state index is 17.7. The first kappa shape index (κ1) is 29.2. The summed E-state index contributed by atoms with van der Waals surface area (Å²) in [6, 6.07) is 7.75. The summed E-state index contributed by atoms with van der Waals surface area (Å²) in [4.78, 5) is 45.3. The van der Waals surface area contributed by atoms with Crippen molar-refractivity contribution in [2.75, 3.05) is 5.75 Å². The summed E-state index contributed by atoms with van der Waals surface area (Å²) in [6.45, 7) is 3.69. The van der Waals surface area contributed by atoms with E-state index in [9.17, 15) is 19.5 Å². The molecule has 7 nitrogen and oxygen atoms in total. The Morgan fingerprint density at radius 3 is 2.73 bits per heavy atom. The number of aromatic nitrogens is 1. The number of thioether (sulfide) groups is 1. The van der Waals surface area contributed by atoms with Crippen molar-refractivity contribution in [3.63, 3.8) is 0 Å². The first-order valence-corrected chi connectivity index (χ1v) is 17.5. The first-order valence-electron chi connectivity index (χ1n) is 15.7. The molecule has 1 saturated heterocycles. The zero-order chi connectivity index (χ0) is 30.7. The fourth-order valence-corrected chi connectivity index (χ4v) is 11.9. The number of hydrogen-bond acceptors (Lipinski definition) is 9. The molecule has 4 unspecified atom stereocenters. The Hall–Kier alpha value is -2.24. The van der Waals surface area contributed by atoms with Gasteiger partial charge < -0.3 is 14.6 Å². The molecule has 6 aliphatic rings. The summed E-state index contributed by atoms with van der Waals surface area (Å²) in [5, 5.41) is 11.9. The van der Waals surface area contributed by atoms with Crippen LogP contribution in [0.5, 0.6) is 0 Å². The molecule has 4 saturated carbocycles. The second kappa shape index (κ2) is 9.64. The second-order valence-corrected chi connectivity index (χ2v) is 16.3. The van der Waals surface area contributed by atoms with E-state index in [-0.39, 0.29) is 23.9 Å². The largest absolute Gasteiger partial charge is 0.390 e. The fourth-order valence-electron chi connectivity index (χ4n) is 9.97. The molecule has 0 bridgehead atoms. The van der Waals surface area contributed by atoms with Gasteiger partial charge in [0.05, 0.1) is 28.2 Å². The third kappa shape index (κ3) is 3.66. The Balaban J connectivity index is 1.15. The number of halogens is 1. The van der Waals surface area contributed by atoms with Crippen LogP contribution in [0.4, 0.5) is 4.39 Å². The Kier molecular flexibility index (Phi) is 6.39. The molecule has 1 aliphatic heterocycles. The lowest BCUT2D eigenvalue weighted by Gasteiger charge is -2.62. The molecule has 0 radical (unpaired) electrons. The second-order valence-electron chi connectivity index (χ2n) is 14.1. The minimum absolute atomic E-state index is 0.0463. The van der Waals surface area contributed by atoms with E-state index in [0.29, 0.717) is 42.0 Å². The van der Waals surface area contributed by atoms with E-state index in [0.717, 1.165) is 23.1 Å². The number of aliphatic hydroxyl groups is 1. The zero-order valence-electron chi connectivity index (χ0n) is 24.8. The number of hydrogen-bond donors (Lipinski definition) is 1. The molecule has 1 spiro atoms. The molecule has 44 heavy (non-hydrogen) atoms. The van der Waals surface area contributed by atoms with Gasteiger partial charge >= 0.3 is 0 Å². The highest BCUT2D eigenvalue weighted by atomic mass is 32.2. The third-order valence-corrected chi connectivity index (χ3v) is 14.2. The van der Waals surface area contributed by atoms with Crippen LogP contribution in [0.25, 0.3) is 10.2 Å². The van der Waals surface area contributed by atoms with Crippen LogP contribution < -0.4 is 0 Å².